The number of nitrogens with one attached hydrogen (secondary N) is 3. The Hall–Kier alpha value is -3.85. The molecule has 0 aliphatic carbocycles. The van der Waals surface area contributed by atoms with Crippen molar-refractivity contribution in [1.82, 2.24) is 5.32 Å². The van der Waals surface area contributed by atoms with E-state index in [-0.39, 0.29) is 22.9 Å². The van der Waals surface area contributed by atoms with Crippen LogP contribution in [0.3, 0.4) is 0 Å². The van der Waals surface area contributed by atoms with Crippen LogP contribution in [0.25, 0.3) is 0 Å². The quantitative estimate of drug-likeness (QED) is 0.429. The Balaban J connectivity index is 1.63. The Morgan fingerprint density at radius 3 is 2.35 bits per heavy atom. The van der Waals surface area contributed by atoms with Crippen molar-refractivity contribution in [2.24, 2.45) is 0 Å². The molecule has 0 unspecified atom stereocenters. The highest BCUT2D eigenvalue weighted by Crippen LogP contribution is 2.20. The fourth-order valence-corrected chi connectivity index (χ4v) is 4.25. The molecule has 178 valence electrons. The summed E-state index contributed by atoms with van der Waals surface area (Å²) in [7, 11) is -3.93. The van der Waals surface area contributed by atoms with Crippen molar-refractivity contribution in [3.8, 4) is 5.75 Å². The number of anilines is 2. The molecule has 3 rings (SSSR count). The summed E-state index contributed by atoms with van der Waals surface area (Å²) >= 11 is 0. The molecule has 0 radical (unpaired) electrons. The molecule has 9 heteroatoms. The minimum atomic E-state index is -3.93. The van der Waals surface area contributed by atoms with Crippen LogP contribution in [-0.4, -0.2) is 33.4 Å². The van der Waals surface area contributed by atoms with Crippen molar-refractivity contribution >= 4 is 33.2 Å². The van der Waals surface area contributed by atoms with Gasteiger partial charge in [0, 0.05) is 16.9 Å². The molecule has 0 fully saturated rings. The van der Waals surface area contributed by atoms with E-state index >= 15 is 0 Å². The van der Waals surface area contributed by atoms with E-state index in [0.29, 0.717) is 23.7 Å². The summed E-state index contributed by atoms with van der Waals surface area (Å²) in [5.41, 5.74) is 3.14. The van der Waals surface area contributed by atoms with E-state index in [1.807, 2.05) is 32.9 Å². The lowest BCUT2D eigenvalue weighted by molar-refractivity contribution is -0.115. The van der Waals surface area contributed by atoms with E-state index in [4.69, 9.17) is 4.74 Å². The monoisotopic (exact) mass is 481 g/mol. The Bertz CT molecular complexity index is 1290. The Morgan fingerprint density at radius 2 is 1.65 bits per heavy atom. The number of rotatable bonds is 9. The van der Waals surface area contributed by atoms with Crippen LogP contribution in [0.5, 0.6) is 5.75 Å². The molecule has 8 nitrogen and oxygen atoms in total. The molecule has 0 aliphatic heterocycles. The molecule has 3 aromatic carbocycles. The van der Waals surface area contributed by atoms with Gasteiger partial charge >= 0.3 is 0 Å². The van der Waals surface area contributed by atoms with Crippen molar-refractivity contribution in [3.05, 3.63) is 83.4 Å². The number of sulfonamides is 1. The van der Waals surface area contributed by atoms with Crippen LogP contribution in [0.1, 0.15) is 28.4 Å². The highest BCUT2D eigenvalue weighted by atomic mass is 32.2. The van der Waals surface area contributed by atoms with E-state index in [9.17, 15) is 18.0 Å². The number of aryl methyl sites for hydroxylation is 1. The van der Waals surface area contributed by atoms with Gasteiger partial charge in [-0.05, 0) is 80.4 Å². The zero-order chi connectivity index (χ0) is 24.7. The summed E-state index contributed by atoms with van der Waals surface area (Å²) in [6, 6.07) is 17.7. The summed E-state index contributed by atoms with van der Waals surface area (Å²) in [4.78, 5) is 24.7. The third-order valence-corrected chi connectivity index (χ3v) is 6.49. The molecule has 2 amide bonds. The van der Waals surface area contributed by atoms with Gasteiger partial charge < -0.3 is 15.4 Å². The molecule has 0 heterocycles. The largest absolute Gasteiger partial charge is 0.494 e. The average molecular weight is 482 g/mol. The molecule has 3 N–H and O–H groups in total. The zero-order valence-corrected chi connectivity index (χ0v) is 20.0. The first-order valence-electron chi connectivity index (χ1n) is 10.7. The van der Waals surface area contributed by atoms with E-state index < -0.39 is 15.9 Å². The van der Waals surface area contributed by atoms with Crippen LogP contribution in [0.15, 0.2) is 71.6 Å². The van der Waals surface area contributed by atoms with Crippen molar-refractivity contribution in [3.63, 3.8) is 0 Å². The molecule has 0 saturated heterocycles. The van der Waals surface area contributed by atoms with Crippen LogP contribution >= 0.6 is 0 Å². The first-order chi connectivity index (χ1) is 16.2. The highest BCUT2D eigenvalue weighted by molar-refractivity contribution is 7.92. The molecule has 3 aromatic rings. The number of hydrogen-bond acceptors (Lipinski definition) is 5. The topological polar surface area (TPSA) is 114 Å². The van der Waals surface area contributed by atoms with E-state index in [2.05, 4.69) is 15.4 Å². The molecule has 0 atom stereocenters. The predicted octanol–water partition coefficient (Wildman–Crippen LogP) is 3.87. The lowest BCUT2D eigenvalue weighted by Gasteiger charge is -2.12. The number of carbonyl (C=O) groups is 2. The van der Waals surface area contributed by atoms with Crippen LogP contribution in [0.4, 0.5) is 11.4 Å². The van der Waals surface area contributed by atoms with Crippen molar-refractivity contribution in [2.45, 2.75) is 25.7 Å². The lowest BCUT2D eigenvalue weighted by Crippen LogP contribution is -2.33. The van der Waals surface area contributed by atoms with Gasteiger partial charge in [-0.1, -0.05) is 18.2 Å². The number of ether oxygens (including phenoxy) is 1. The van der Waals surface area contributed by atoms with E-state index in [1.165, 1.54) is 24.3 Å². The maximum atomic E-state index is 12.8. The van der Waals surface area contributed by atoms with Gasteiger partial charge in [-0.25, -0.2) is 8.42 Å². The Morgan fingerprint density at radius 1 is 0.941 bits per heavy atom. The number of amides is 2. The second-order valence-corrected chi connectivity index (χ2v) is 9.25. The number of carbonyl (C=O) groups excluding carboxylic acids is 2. The van der Waals surface area contributed by atoms with Gasteiger partial charge in [-0.3, -0.25) is 14.3 Å². The number of hydrogen-bond donors (Lipinski definition) is 3. The third kappa shape index (κ3) is 6.35. The minimum Gasteiger partial charge on any atom is -0.494 e. The third-order valence-electron chi connectivity index (χ3n) is 5.11. The normalized spacial score (nSPS) is 10.9. The SMILES string of the molecule is CCOc1ccc(NS(=O)(=O)c2cccc(C(=O)NCC(=O)Nc3cccc(C)c3C)c2)cc1. The number of benzene rings is 3. The van der Waals surface area contributed by atoms with Crippen molar-refractivity contribution < 1.29 is 22.7 Å². The molecule has 0 aliphatic rings. The minimum absolute atomic E-state index is 0.0751. The van der Waals surface area contributed by atoms with Crippen molar-refractivity contribution in [2.75, 3.05) is 23.2 Å². The Kier molecular flexibility index (Phi) is 7.91. The fourth-order valence-electron chi connectivity index (χ4n) is 3.15. The van der Waals surface area contributed by atoms with Crippen LogP contribution in [0, 0.1) is 13.8 Å². The van der Waals surface area contributed by atoms with Gasteiger partial charge in [0.1, 0.15) is 5.75 Å². The first kappa shape index (κ1) is 24.8. The van der Waals surface area contributed by atoms with Gasteiger partial charge in [0.15, 0.2) is 0 Å². The van der Waals surface area contributed by atoms with Crippen LogP contribution in [0.2, 0.25) is 0 Å². The molecule has 0 spiro atoms. The smallest absolute Gasteiger partial charge is 0.261 e. The van der Waals surface area contributed by atoms with Crippen LogP contribution in [-0.2, 0) is 14.8 Å². The predicted molar refractivity (Wildman–Crippen MR) is 132 cm³/mol. The molecular formula is C25H27N3O5S. The molecule has 0 aromatic heterocycles. The summed E-state index contributed by atoms with van der Waals surface area (Å²) in [5, 5.41) is 5.28. The van der Waals surface area contributed by atoms with Gasteiger partial charge in [0.05, 0.1) is 18.0 Å². The highest BCUT2D eigenvalue weighted by Gasteiger charge is 2.17. The maximum absolute atomic E-state index is 12.8. The van der Waals surface area contributed by atoms with Crippen molar-refractivity contribution in [1.29, 1.82) is 0 Å². The summed E-state index contributed by atoms with van der Waals surface area (Å²) in [6.07, 6.45) is 0. The van der Waals surface area contributed by atoms with Gasteiger partial charge in [0.25, 0.3) is 15.9 Å². The standard InChI is InChI=1S/C25H27N3O5S/c1-4-33-21-13-11-20(12-14-21)28-34(31,32)22-9-6-8-19(15-22)25(30)26-16-24(29)27-23-10-5-7-17(2)18(23)3/h5-15,28H,4,16H2,1-3H3,(H,26,30)(H,27,29). The van der Waals surface area contributed by atoms with Gasteiger partial charge in [-0.2, -0.15) is 0 Å². The second-order valence-electron chi connectivity index (χ2n) is 7.57. The fraction of sp³-hybridized carbons (Fsp3) is 0.200. The molecule has 34 heavy (non-hydrogen) atoms. The second kappa shape index (κ2) is 10.8. The zero-order valence-electron chi connectivity index (χ0n) is 19.2. The first-order valence-corrected chi connectivity index (χ1v) is 12.2. The van der Waals surface area contributed by atoms with Crippen LogP contribution < -0.4 is 20.1 Å². The lowest BCUT2D eigenvalue weighted by atomic mass is 10.1. The molecular weight excluding hydrogens is 454 g/mol. The van der Waals surface area contributed by atoms with Gasteiger partial charge in [-0.15, -0.1) is 0 Å². The molecule has 0 bridgehead atoms. The van der Waals surface area contributed by atoms with E-state index in [0.717, 1.165) is 11.1 Å². The maximum Gasteiger partial charge on any atom is 0.261 e. The Labute approximate surface area is 199 Å². The summed E-state index contributed by atoms with van der Waals surface area (Å²) < 4.78 is 33.4. The summed E-state index contributed by atoms with van der Waals surface area (Å²) in [5.74, 6) is -0.317. The molecule has 0 saturated carbocycles. The van der Waals surface area contributed by atoms with Gasteiger partial charge in [0.2, 0.25) is 5.91 Å². The summed E-state index contributed by atoms with van der Waals surface area (Å²) in [6.45, 7) is 5.95. The van der Waals surface area contributed by atoms with E-state index in [1.54, 1.807) is 30.3 Å². The average Bonchev–Trinajstić information content (AvgIpc) is 2.82.